The van der Waals surface area contributed by atoms with Crippen LogP contribution in [0, 0.1) is 19.3 Å². The van der Waals surface area contributed by atoms with Crippen molar-refractivity contribution in [2.24, 2.45) is 10.1 Å². The lowest BCUT2D eigenvalue weighted by atomic mass is 10.1. The Labute approximate surface area is 159 Å². The maximum atomic E-state index is 12.4. The molecule has 0 radical (unpaired) electrons. The largest absolute Gasteiger partial charge is 0.316 e. The average molecular weight is 384 g/mol. The lowest BCUT2D eigenvalue weighted by Crippen LogP contribution is -2.35. The fraction of sp³-hybridized carbons (Fsp3) is 0.111. The van der Waals surface area contributed by atoms with Gasteiger partial charge in [0.1, 0.15) is 0 Å². The van der Waals surface area contributed by atoms with E-state index in [0.29, 0.717) is 10.2 Å². The highest BCUT2D eigenvalue weighted by atomic mass is 35.5. The molecule has 1 amide bonds. The fourth-order valence-electron chi connectivity index (χ4n) is 3.03. The number of aromatic nitrogens is 1. The molecule has 0 aliphatic carbocycles. The third-order valence-electron chi connectivity index (χ3n) is 4.26. The molecule has 1 aromatic heterocycles. The number of hydrazone groups is 1. The third kappa shape index (κ3) is 2.60. The van der Waals surface area contributed by atoms with Crippen molar-refractivity contribution < 1.29 is 4.79 Å². The highest BCUT2D eigenvalue weighted by molar-refractivity contribution is 8.25. The molecule has 0 saturated carbocycles. The molecule has 130 valence electrons. The minimum Gasteiger partial charge on any atom is -0.316 e. The molecular formula is C18H14ClN5OS. The molecule has 0 atom stereocenters. The molecule has 0 bridgehead atoms. The molecule has 4 rings (SSSR count). The summed E-state index contributed by atoms with van der Waals surface area (Å²) >= 11 is 7.57. The van der Waals surface area contributed by atoms with Gasteiger partial charge in [0.25, 0.3) is 5.91 Å². The van der Waals surface area contributed by atoms with Crippen LogP contribution in [0.15, 0.2) is 46.0 Å². The van der Waals surface area contributed by atoms with Crippen molar-refractivity contribution in [2.45, 2.75) is 13.8 Å². The van der Waals surface area contributed by atoms with Crippen LogP contribution < -0.4 is 0 Å². The Morgan fingerprint density at radius 2 is 2.04 bits per heavy atom. The Morgan fingerprint density at radius 1 is 1.27 bits per heavy atom. The second-order valence-corrected chi connectivity index (χ2v) is 7.09. The summed E-state index contributed by atoms with van der Waals surface area (Å²) in [4.78, 5) is 16.4. The van der Waals surface area contributed by atoms with E-state index in [2.05, 4.69) is 10.1 Å². The van der Waals surface area contributed by atoms with Gasteiger partial charge in [0.05, 0.1) is 21.8 Å². The summed E-state index contributed by atoms with van der Waals surface area (Å²) in [5, 5.41) is 14.8. The number of halogens is 1. The van der Waals surface area contributed by atoms with Gasteiger partial charge in [0.15, 0.2) is 11.0 Å². The number of benzene rings is 1. The monoisotopic (exact) mass is 383 g/mol. The van der Waals surface area contributed by atoms with Gasteiger partial charge in [-0.1, -0.05) is 23.7 Å². The van der Waals surface area contributed by atoms with Gasteiger partial charge in [-0.15, -0.1) is 0 Å². The Kier molecular flexibility index (Phi) is 4.05. The minimum absolute atomic E-state index is 0.0313. The van der Waals surface area contributed by atoms with Crippen molar-refractivity contribution >= 4 is 51.9 Å². The number of rotatable bonds is 2. The quantitative estimate of drug-likeness (QED) is 0.796. The lowest BCUT2D eigenvalue weighted by Gasteiger charge is -2.20. The summed E-state index contributed by atoms with van der Waals surface area (Å²) < 4.78 is 2.03. The van der Waals surface area contributed by atoms with Crippen molar-refractivity contribution in [3.05, 3.63) is 57.9 Å². The number of nitrogens with one attached hydrogen (secondary N) is 1. The summed E-state index contributed by atoms with van der Waals surface area (Å²) in [5.74, 6) is -0.398. The zero-order chi connectivity index (χ0) is 18.4. The van der Waals surface area contributed by atoms with E-state index in [-0.39, 0.29) is 11.4 Å². The predicted octanol–water partition coefficient (Wildman–Crippen LogP) is 4.00. The minimum atomic E-state index is -0.429. The highest BCUT2D eigenvalue weighted by Crippen LogP contribution is 2.29. The molecule has 2 aliphatic heterocycles. The van der Waals surface area contributed by atoms with E-state index in [1.54, 1.807) is 11.6 Å². The van der Waals surface area contributed by atoms with Gasteiger partial charge in [-0.2, -0.15) is 15.1 Å². The molecule has 8 heteroatoms. The molecule has 0 saturated heterocycles. The molecule has 0 fully saturated rings. The first-order valence-corrected chi connectivity index (χ1v) is 9.10. The van der Waals surface area contributed by atoms with Gasteiger partial charge in [0, 0.05) is 11.4 Å². The second-order valence-electron chi connectivity index (χ2n) is 5.87. The number of hydrogen-bond acceptors (Lipinski definition) is 4. The van der Waals surface area contributed by atoms with Crippen LogP contribution in [0.3, 0.4) is 0 Å². The maximum Gasteiger partial charge on any atom is 0.283 e. The number of amidine groups is 2. The van der Waals surface area contributed by atoms with Gasteiger partial charge in [-0.25, -0.2) is 0 Å². The summed E-state index contributed by atoms with van der Waals surface area (Å²) in [7, 11) is 0. The van der Waals surface area contributed by atoms with Gasteiger partial charge in [-0.05, 0) is 55.4 Å². The zero-order valence-electron chi connectivity index (χ0n) is 14.0. The average Bonchev–Trinajstić information content (AvgIpc) is 3.17. The van der Waals surface area contributed by atoms with E-state index in [0.717, 1.165) is 22.6 Å². The molecule has 2 aromatic rings. The molecule has 1 N–H and O–H groups in total. The van der Waals surface area contributed by atoms with Crippen molar-refractivity contribution in [1.29, 1.82) is 5.41 Å². The van der Waals surface area contributed by atoms with Gasteiger partial charge in [0.2, 0.25) is 0 Å². The Morgan fingerprint density at radius 3 is 2.81 bits per heavy atom. The number of thioether (sulfide) groups is 1. The normalized spacial score (nSPS) is 17.9. The smallest absolute Gasteiger partial charge is 0.283 e. The Hall–Kier alpha value is -2.64. The van der Waals surface area contributed by atoms with Gasteiger partial charge < -0.3 is 4.57 Å². The number of fused-ring (bicyclic) bond motifs is 1. The van der Waals surface area contributed by atoms with Crippen molar-refractivity contribution in [1.82, 2.24) is 9.58 Å². The summed E-state index contributed by atoms with van der Waals surface area (Å²) in [6, 6.07) is 9.56. The van der Waals surface area contributed by atoms with E-state index < -0.39 is 5.91 Å². The number of hydrogen-bond donors (Lipinski definition) is 1. The number of nitrogens with zero attached hydrogens (tertiary/aromatic N) is 4. The van der Waals surface area contributed by atoms with Crippen LogP contribution in [0.5, 0.6) is 0 Å². The van der Waals surface area contributed by atoms with Crippen LogP contribution in [0.4, 0.5) is 0 Å². The highest BCUT2D eigenvalue weighted by Gasteiger charge is 2.32. The fourth-order valence-corrected chi connectivity index (χ4v) is 3.86. The molecule has 2 aliphatic rings. The van der Waals surface area contributed by atoms with Crippen LogP contribution in [0.2, 0.25) is 5.02 Å². The molecule has 3 heterocycles. The number of aliphatic imine (C=N–C) groups is 1. The van der Waals surface area contributed by atoms with Crippen LogP contribution in [0.25, 0.3) is 11.8 Å². The number of amides is 1. The zero-order valence-corrected chi connectivity index (χ0v) is 15.6. The van der Waals surface area contributed by atoms with E-state index in [1.165, 1.54) is 16.8 Å². The maximum absolute atomic E-state index is 12.4. The summed E-state index contributed by atoms with van der Waals surface area (Å²) in [5.41, 5.74) is 5.40. The topological polar surface area (TPSA) is 73.8 Å². The molecule has 0 unspecified atom stereocenters. The summed E-state index contributed by atoms with van der Waals surface area (Å²) in [6.07, 6.45) is 1.69. The Bertz CT molecular complexity index is 1050. The van der Waals surface area contributed by atoms with Crippen LogP contribution in [0.1, 0.15) is 17.0 Å². The van der Waals surface area contributed by atoms with Crippen LogP contribution in [-0.2, 0) is 4.79 Å². The first-order chi connectivity index (χ1) is 12.5. The third-order valence-corrected chi connectivity index (χ3v) is 5.25. The van der Waals surface area contributed by atoms with Crippen molar-refractivity contribution in [3.63, 3.8) is 0 Å². The lowest BCUT2D eigenvalue weighted by molar-refractivity contribution is -0.114. The molecule has 0 spiro atoms. The second kappa shape index (κ2) is 6.26. The number of para-hydroxylation sites is 1. The standard InChI is InChI=1S/C18H14ClN5OS/c1-10-7-12(11(2)23(10)15-6-4-3-5-14(15)19)8-13-16(20)24-18(22-17(13)25)26-9-21-24/h3-9,20H,1-2H3. The van der Waals surface area contributed by atoms with Crippen molar-refractivity contribution in [2.75, 3.05) is 0 Å². The van der Waals surface area contributed by atoms with E-state index in [1.807, 2.05) is 48.7 Å². The van der Waals surface area contributed by atoms with Gasteiger partial charge in [-0.3, -0.25) is 10.2 Å². The van der Waals surface area contributed by atoms with E-state index in [4.69, 9.17) is 17.0 Å². The number of aryl methyl sites for hydroxylation is 1. The summed E-state index contributed by atoms with van der Waals surface area (Å²) in [6.45, 7) is 3.93. The molecule has 1 aromatic carbocycles. The van der Waals surface area contributed by atoms with Crippen LogP contribution in [-0.4, -0.2) is 32.0 Å². The van der Waals surface area contributed by atoms with Crippen LogP contribution >= 0.6 is 23.4 Å². The molecule has 6 nitrogen and oxygen atoms in total. The molecular weight excluding hydrogens is 370 g/mol. The molecule has 26 heavy (non-hydrogen) atoms. The first-order valence-electron chi connectivity index (χ1n) is 7.84. The first kappa shape index (κ1) is 16.8. The predicted molar refractivity (Wildman–Crippen MR) is 106 cm³/mol. The Balaban J connectivity index is 1.81. The number of carbonyl (C=O) groups excluding carboxylic acids is 1. The van der Waals surface area contributed by atoms with E-state index in [9.17, 15) is 4.79 Å². The van der Waals surface area contributed by atoms with E-state index >= 15 is 0 Å². The van der Waals surface area contributed by atoms with Crippen molar-refractivity contribution in [3.8, 4) is 5.69 Å². The van der Waals surface area contributed by atoms with Gasteiger partial charge >= 0.3 is 0 Å². The SMILES string of the molecule is Cc1cc(C=C2C(=N)N3N=CSC3=NC2=O)c(C)n1-c1ccccc1Cl. The number of carbonyl (C=O) groups is 1.